The minimum absolute atomic E-state index is 0. The topological polar surface area (TPSA) is 51.6 Å². The van der Waals surface area contributed by atoms with Gasteiger partial charge < -0.3 is 59.4 Å². The number of pyridine rings is 4. The minimum atomic E-state index is 0. The summed E-state index contributed by atoms with van der Waals surface area (Å²) in [5, 5.41) is 0. The van der Waals surface area contributed by atoms with Gasteiger partial charge in [0.15, 0.2) is 0 Å². The second-order valence-electron chi connectivity index (χ2n) is 31.6. The van der Waals surface area contributed by atoms with Gasteiger partial charge in [0.25, 0.3) is 0 Å². The summed E-state index contributed by atoms with van der Waals surface area (Å²) in [6, 6.07) is 51.8. The average Bonchev–Trinajstić information content (AvgIpc) is 0.858. The molecule has 4 nitrogen and oxygen atoms in total. The van der Waals surface area contributed by atoms with E-state index in [0.29, 0.717) is 45.3 Å². The van der Waals surface area contributed by atoms with Gasteiger partial charge in [-0.1, -0.05) is 332 Å². The van der Waals surface area contributed by atoms with E-state index in [1.165, 1.54) is 112 Å². The molecular formula is C103H176N4Y8-8. The van der Waals surface area contributed by atoms with E-state index >= 15 is 0 Å². The van der Waals surface area contributed by atoms with E-state index < -0.39 is 0 Å². The predicted molar refractivity (Wildman–Crippen MR) is 498 cm³/mol. The number of hydrogen-bond donors (Lipinski definition) is 0. The maximum absolute atomic E-state index is 4.10. The monoisotopic (exact) mass is 2180 g/mol. The molecule has 0 fully saturated rings. The molecule has 0 saturated heterocycles. The normalized spacial score (nSPS) is 10.3. The van der Waals surface area contributed by atoms with Crippen LogP contribution in [-0.4, -0.2) is 19.9 Å². The van der Waals surface area contributed by atoms with Crippen LogP contribution in [0.3, 0.4) is 0 Å². The SMILES string of the molecule is C.CC(C)(C)C.CCC(C)(C)c1ccc(C)cc1.CCC(C)(C)c1cccc(C)c1.CCC(C)(C)c1cccnc1.CCC(C)(C)c1ccncc1.CCC(C)C.CCC(C)c1ccc(C)cc1.CCC(C)c1cccc(C)c1.CCC(C)c1cccnc1.CCC(C)c1ccncc1.[CH3-].[CH3-].[CH3-].[CH3-].[CH3-].[CH3-].[CH3-].[CH3-].[Y].[Y].[Y].[Y].[Y].[Y].[Y].[Y]. The quantitative estimate of drug-likeness (QED) is 0.0853. The summed E-state index contributed by atoms with van der Waals surface area (Å²) in [6.45, 7) is 68.8. The molecule has 4 aromatic heterocycles. The standard InChI is InChI=1S/2C12H18.2C11H16.2C10H15N.2C9H13N.2C5H12.CH4.8CH3.8Y/c1-5-12(3,4)11-8-6-10(2)7-9-11;1-5-12(3,4)11-8-6-7-10(2)9-11;1-4-10(3)11-7-5-9(2)6-8-11;1-4-10(3)11-7-5-6-9(2)8-11;1-4-10(2,3)9-5-7-11-8-6-9;1-4-10(2,3)9-6-5-7-11-8-9;1-3-8(2)9-4-6-10-7-5-9;1-3-8(2)9-5-4-6-10-7-9;1-5(2,3)4;1-4-5(2)3;;;;;;;;;;;;;;;;;/h2*6-9H,5H2,1-4H3;2*5-8,10H,4H2,1-3H3;2*5-8H,4H2,1-3H3;2*4-8H,3H2,1-2H3;1-4H3;5H,4H2,1-3H3;1H4;8*1H3;;;;;;;;/q;;;;;;;;;;;8*-1;;;;;;;;. The Bertz CT molecular complexity index is 3070. The Hall–Kier alpha value is 2.31. The summed E-state index contributed by atoms with van der Waals surface area (Å²) in [6.07, 6.45) is 25.8. The summed E-state index contributed by atoms with van der Waals surface area (Å²) in [5.41, 5.74) is 18.3. The zero-order valence-corrected chi connectivity index (χ0v) is 104. The van der Waals surface area contributed by atoms with Crippen molar-refractivity contribution in [3.8, 4) is 0 Å². The number of nitrogens with zero attached hydrogens (tertiary/aromatic N) is 4. The Morgan fingerprint density at radius 2 is 0.522 bits per heavy atom. The fourth-order valence-electron chi connectivity index (χ4n) is 8.63. The first kappa shape index (κ1) is 164. The van der Waals surface area contributed by atoms with Crippen molar-refractivity contribution in [2.45, 2.75) is 325 Å². The smallest absolute Gasteiger partial charge is 0.0305 e. The summed E-state index contributed by atoms with van der Waals surface area (Å²) in [5.74, 6) is 3.61. The Labute approximate surface area is 924 Å². The van der Waals surface area contributed by atoms with Crippen molar-refractivity contribution >= 4 is 0 Å². The Balaban J connectivity index is -0.0000000519. The van der Waals surface area contributed by atoms with Crippen molar-refractivity contribution in [1.82, 2.24) is 19.9 Å². The van der Waals surface area contributed by atoms with Crippen molar-refractivity contribution in [2.75, 3.05) is 0 Å². The molecule has 0 N–H and O–H groups in total. The Morgan fingerprint density at radius 3 is 0.835 bits per heavy atom. The summed E-state index contributed by atoms with van der Waals surface area (Å²) >= 11 is 0. The second-order valence-corrected chi connectivity index (χ2v) is 31.6. The molecule has 115 heavy (non-hydrogen) atoms. The molecule has 0 aliphatic carbocycles. The summed E-state index contributed by atoms with van der Waals surface area (Å²) < 4.78 is 0. The first-order chi connectivity index (χ1) is 45.9. The van der Waals surface area contributed by atoms with Crippen molar-refractivity contribution in [3.05, 3.63) is 321 Å². The third-order valence-corrected chi connectivity index (χ3v) is 19.1. The van der Waals surface area contributed by atoms with E-state index in [0.717, 1.165) is 18.8 Å². The maximum atomic E-state index is 4.10. The molecule has 4 atom stereocenters. The van der Waals surface area contributed by atoms with Gasteiger partial charge in [0.1, 0.15) is 0 Å². The molecule has 640 valence electrons. The summed E-state index contributed by atoms with van der Waals surface area (Å²) in [4.78, 5) is 16.1. The van der Waals surface area contributed by atoms with Gasteiger partial charge in [0.05, 0.1) is 0 Å². The molecule has 12 heteroatoms. The molecule has 4 aromatic carbocycles. The van der Waals surface area contributed by atoms with Gasteiger partial charge in [-0.3, -0.25) is 19.9 Å². The molecule has 4 unspecified atom stereocenters. The molecule has 0 amide bonds. The van der Waals surface area contributed by atoms with Gasteiger partial charge in [-0.2, -0.15) is 0 Å². The van der Waals surface area contributed by atoms with Gasteiger partial charge in [0, 0.05) is 311 Å². The van der Waals surface area contributed by atoms with Crippen LogP contribution in [0.1, 0.15) is 343 Å². The van der Waals surface area contributed by atoms with E-state index in [4.69, 9.17) is 0 Å². The van der Waals surface area contributed by atoms with Crippen molar-refractivity contribution in [3.63, 3.8) is 0 Å². The van der Waals surface area contributed by atoms with Gasteiger partial charge in [-0.15, -0.1) is 0 Å². The molecule has 8 aromatic rings. The Morgan fingerprint density at radius 1 is 0.252 bits per heavy atom. The van der Waals surface area contributed by atoms with E-state index in [2.05, 4.69) is 368 Å². The van der Waals surface area contributed by atoms with E-state index in [1.54, 1.807) is 0 Å². The predicted octanol–water partition coefficient (Wildman–Crippen LogP) is 33.4. The van der Waals surface area contributed by atoms with Crippen molar-refractivity contribution in [1.29, 1.82) is 0 Å². The van der Waals surface area contributed by atoms with Crippen molar-refractivity contribution in [2.24, 2.45) is 11.3 Å². The maximum Gasteiger partial charge on any atom is 0.0305 e. The molecule has 0 bridgehead atoms. The number of benzene rings is 4. The van der Waals surface area contributed by atoms with Crippen molar-refractivity contribution < 1.29 is 262 Å². The van der Waals surface area contributed by atoms with Gasteiger partial charge >= 0.3 is 0 Å². The molecule has 4 heterocycles. The number of aryl methyl sites for hydroxylation is 4. The van der Waals surface area contributed by atoms with Crippen LogP contribution in [0.4, 0.5) is 0 Å². The van der Waals surface area contributed by atoms with Crippen LogP contribution in [0.2, 0.25) is 0 Å². The fraction of sp³-hybridized carbons (Fsp3) is 0.495. The van der Waals surface area contributed by atoms with Crippen LogP contribution in [0.25, 0.3) is 0 Å². The molecule has 0 aliphatic rings. The molecule has 0 spiro atoms. The van der Waals surface area contributed by atoms with Crippen LogP contribution in [0.15, 0.2) is 195 Å². The zero-order chi connectivity index (χ0) is 75.1. The van der Waals surface area contributed by atoms with E-state index in [-0.39, 0.29) is 334 Å². The molecule has 0 saturated carbocycles. The fourth-order valence-corrected chi connectivity index (χ4v) is 8.63. The largest absolute Gasteiger partial charge is 0.358 e. The average molecular weight is 2180 g/mol. The first-order valence-electron chi connectivity index (χ1n) is 37.8. The third kappa shape index (κ3) is 81.8. The van der Waals surface area contributed by atoms with E-state index in [1.807, 2.05) is 61.7 Å². The number of rotatable bonds is 17. The number of aromatic nitrogens is 4. The van der Waals surface area contributed by atoms with Crippen LogP contribution in [0.5, 0.6) is 0 Å². The second kappa shape index (κ2) is 93.9. The molecular weight excluding hydrogens is 2000 g/mol. The number of hydrogen-bond acceptors (Lipinski definition) is 4. The van der Waals surface area contributed by atoms with Gasteiger partial charge in [-0.25, -0.2) is 0 Å². The molecule has 0 aliphatic heterocycles. The van der Waals surface area contributed by atoms with Crippen LogP contribution < -0.4 is 0 Å². The third-order valence-electron chi connectivity index (χ3n) is 19.1. The van der Waals surface area contributed by atoms with Crippen LogP contribution in [0, 0.1) is 98.4 Å². The minimum Gasteiger partial charge on any atom is -0.358 e. The molecule has 8 rings (SSSR count). The molecule has 8 radical (unpaired) electrons. The van der Waals surface area contributed by atoms with Gasteiger partial charge in [-0.05, 0) is 217 Å². The van der Waals surface area contributed by atoms with E-state index in [9.17, 15) is 0 Å². The van der Waals surface area contributed by atoms with Crippen LogP contribution >= 0.6 is 0 Å². The zero-order valence-electron chi connectivity index (χ0n) is 81.6. The first-order valence-corrected chi connectivity index (χ1v) is 37.8. The summed E-state index contributed by atoms with van der Waals surface area (Å²) in [7, 11) is 0. The Kier molecular flexibility index (Phi) is 134. The van der Waals surface area contributed by atoms with Crippen LogP contribution in [-0.2, 0) is 283 Å². The van der Waals surface area contributed by atoms with Gasteiger partial charge in [0.2, 0.25) is 0 Å².